The van der Waals surface area contributed by atoms with Gasteiger partial charge in [-0.25, -0.2) is 8.42 Å². The Bertz CT molecular complexity index is 989. The summed E-state index contributed by atoms with van der Waals surface area (Å²) in [4.78, 5) is 12.3. The van der Waals surface area contributed by atoms with E-state index in [-0.39, 0.29) is 25.0 Å². The van der Waals surface area contributed by atoms with Crippen LogP contribution >= 0.6 is 0 Å². The maximum Gasteiger partial charge on any atom is 0.232 e. The maximum absolute atomic E-state index is 12.3. The molecule has 0 aliphatic heterocycles. The van der Waals surface area contributed by atoms with Crippen molar-refractivity contribution in [1.29, 1.82) is 0 Å². The molecule has 0 radical (unpaired) electrons. The molecule has 1 N–H and O–H groups in total. The topological polar surface area (TPSA) is 84.9 Å². The van der Waals surface area contributed by atoms with Gasteiger partial charge in [0.2, 0.25) is 15.9 Å². The van der Waals surface area contributed by atoms with Crippen LogP contribution in [0.25, 0.3) is 0 Å². The summed E-state index contributed by atoms with van der Waals surface area (Å²) in [6.45, 7) is 6.35. The van der Waals surface area contributed by atoms with Crippen molar-refractivity contribution in [1.82, 2.24) is 5.32 Å². The SMILES string of the molecule is COc1cc(CNC(=O)CCCN(c2ccccc2C)S(C)(=O)=O)ccc1OC(C)C. The van der Waals surface area contributed by atoms with Crippen LogP contribution in [0, 0.1) is 6.92 Å². The van der Waals surface area contributed by atoms with Gasteiger partial charge in [-0.15, -0.1) is 0 Å². The van der Waals surface area contributed by atoms with Crippen molar-refractivity contribution in [2.45, 2.75) is 46.3 Å². The number of carbonyl (C=O) groups is 1. The number of anilines is 1. The number of methoxy groups -OCH3 is 1. The molecule has 0 saturated heterocycles. The second-order valence-corrected chi connectivity index (χ2v) is 9.56. The lowest BCUT2D eigenvalue weighted by atomic mass is 10.2. The highest BCUT2D eigenvalue weighted by Crippen LogP contribution is 2.29. The van der Waals surface area contributed by atoms with Gasteiger partial charge in [-0.2, -0.15) is 0 Å². The molecule has 170 valence electrons. The van der Waals surface area contributed by atoms with Gasteiger partial charge >= 0.3 is 0 Å². The van der Waals surface area contributed by atoms with Crippen LogP contribution in [0.1, 0.15) is 37.8 Å². The first kappa shape index (κ1) is 24.5. The van der Waals surface area contributed by atoms with Gasteiger partial charge in [-0.1, -0.05) is 24.3 Å². The Morgan fingerprint density at radius 3 is 2.45 bits per heavy atom. The van der Waals surface area contributed by atoms with Crippen molar-refractivity contribution in [3.8, 4) is 11.5 Å². The zero-order valence-electron chi connectivity index (χ0n) is 18.8. The molecule has 0 saturated carbocycles. The molecule has 8 heteroatoms. The third-order valence-electron chi connectivity index (χ3n) is 4.63. The van der Waals surface area contributed by atoms with E-state index in [2.05, 4.69) is 5.32 Å². The highest BCUT2D eigenvalue weighted by molar-refractivity contribution is 7.92. The van der Waals surface area contributed by atoms with Crippen molar-refractivity contribution in [3.05, 3.63) is 53.6 Å². The number of para-hydroxylation sites is 1. The molecule has 0 atom stereocenters. The number of carbonyl (C=O) groups excluding carboxylic acids is 1. The maximum atomic E-state index is 12.3. The summed E-state index contributed by atoms with van der Waals surface area (Å²) >= 11 is 0. The minimum Gasteiger partial charge on any atom is -0.493 e. The van der Waals surface area contributed by atoms with Crippen molar-refractivity contribution in [2.75, 3.05) is 24.2 Å². The van der Waals surface area contributed by atoms with E-state index in [9.17, 15) is 13.2 Å². The molecule has 0 unspecified atom stereocenters. The molecule has 0 aromatic heterocycles. The summed E-state index contributed by atoms with van der Waals surface area (Å²) in [6, 6.07) is 12.9. The third-order valence-corrected chi connectivity index (χ3v) is 5.81. The Kier molecular flexibility index (Phi) is 8.74. The van der Waals surface area contributed by atoms with E-state index < -0.39 is 10.0 Å². The second kappa shape index (κ2) is 11.0. The van der Waals surface area contributed by atoms with Crippen LogP contribution in [0.4, 0.5) is 5.69 Å². The molecule has 0 fully saturated rings. The number of aryl methyl sites for hydroxylation is 1. The molecule has 31 heavy (non-hydrogen) atoms. The molecule has 0 heterocycles. The quantitative estimate of drug-likeness (QED) is 0.567. The number of hydrogen-bond acceptors (Lipinski definition) is 5. The Balaban J connectivity index is 1.91. The Morgan fingerprint density at radius 2 is 1.84 bits per heavy atom. The average molecular weight is 449 g/mol. The summed E-state index contributed by atoms with van der Waals surface area (Å²) < 4.78 is 36.9. The first-order chi connectivity index (χ1) is 14.6. The fourth-order valence-electron chi connectivity index (χ4n) is 3.15. The Labute approximate surface area is 185 Å². The number of hydrogen-bond donors (Lipinski definition) is 1. The van der Waals surface area contributed by atoms with Crippen LogP contribution in [0.2, 0.25) is 0 Å². The predicted molar refractivity (Wildman–Crippen MR) is 123 cm³/mol. The van der Waals surface area contributed by atoms with Crippen molar-refractivity contribution < 1.29 is 22.7 Å². The zero-order valence-corrected chi connectivity index (χ0v) is 19.7. The smallest absolute Gasteiger partial charge is 0.232 e. The average Bonchev–Trinajstić information content (AvgIpc) is 2.70. The number of amides is 1. The fourth-order valence-corrected chi connectivity index (χ4v) is 4.18. The van der Waals surface area contributed by atoms with Crippen LogP contribution in [0.15, 0.2) is 42.5 Å². The van der Waals surface area contributed by atoms with Crippen molar-refractivity contribution in [2.24, 2.45) is 0 Å². The van der Waals surface area contributed by atoms with E-state index in [4.69, 9.17) is 9.47 Å². The van der Waals surface area contributed by atoms with E-state index in [1.807, 2.05) is 51.1 Å². The minimum absolute atomic E-state index is 0.0330. The molecular formula is C23H32N2O5S. The second-order valence-electron chi connectivity index (χ2n) is 7.65. The van der Waals surface area contributed by atoms with Crippen LogP contribution in [-0.4, -0.2) is 40.3 Å². The highest BCUT2D eigenvalue weighted by atomic mass is 32.2. The normalized spacial score (nSPS) is 11.3. The number of benzene rings is 2. The molecule has 2 aromatic carbocycles. The molecule has 0 spiro atoms. The van der Waals surface area contributed by atoms with Crippen LogP contribution in [-0.2, 0) is 21.4 Å². The Morgan fingerprint density at radius 1 is 1.13 bits per heavy atom. The van der Waals surface area contributed by atoms with Gasteiger partial charge in [-0.05, 0) is 56.5 Å². The van der Waals surface area contributed by atoms with E-state index >= 15 is 0 Å². The minimum atomic E-state index is -3.44. The van der Waals surface area contributed by atoms with Crippen LogP contribution < -0.4 is 19.1 Å². The molecule has 2 rings (SSSR count). The first-order valence-electron chi connectivity index (χ1n) is 10.3. The highest BCUT2D eigenvalue weighted by Gasteiger charge is 2.19. The molecular weight excluding hydrogens is 416 g/mol. The molecule has 2 aromatic rings. The van der Waals surface area contributed by atoms with Gasteiger partial charge in [0.25, 0.3) is 0 Å². The molecule has 7 nitrogen and oxygen atoms in total. The lowest BCUT2D eigenvalue weighted by Gasteiger charge is -2.24. The van der Waals surface area contributed by atoms with E-state index in [0.717, 1.165) is 11.1 Å². The van der Waals surface area contributed by atoms with E-state index in [1.165, 1.54) is 10.6 Å². The molecule has 0 aliphatic rings. The number of ether oxygens (including phenoxy) is 2. The summed E-state index contributed by atoms with van der Waals surface area (Å²) in [6.07, 6.45) is 1.85. The summed E-state index contributed by atoms with van der Waals surface area (Å²) in [5.74, 6) is 1.13. The molecule has 0 aliphatic carbocycles. The van der Waals surface area contributed by atoms with Crippen LogP contribution in [0.5, 0.6) is 11.5 Å². The van der Waals surface area contributed by atoms with Gasteiger partial charge in [0, 0.05) is 19.5 Å². The summed E-state index contributed by atoms with van der Waals surface area (Å²) in [5.41, 5.74) is 2.40. The van der Waals surface area contributed by atoms with Gasteiger partial charge in [0.15, 0.2) is 11.5 Å². The fraction of sp³-hybridized carbons (Fsp3) is 0.435. The zero-order chi connectivity index (χ0) is 23.0. The predicted octanol–water partition coefficient (Wildman–Crippen LogP) is 3.65. The lowest BCUT2D eigenvalue weighted by molar-refractivity contribution is -0.121. The van der Waals surface area contributed by atoms with E-state index in [0.29, 0.717) is 30.2 Å². The first-order valence-corrected chi connectivity index (χ1v) is 12.1. The molecule has 1 amide bonds. The summed E-state index contributed by atoms with van der Waals surface area (Å²) in [5, 5.41) is 2.87. The Hall–Kier alpha value is -2.74. The standard InChI is InChI=1S/C23H32N2O5S/c1-17(2)30-21-13-12-19(15-22(21)29-4)16-24-23(26)11-8-14-25(31(5,27)28)20-10-7-6-9-18(20)3/h6-7,9-10,12-13,15,17H,8,11,14,16H2,1-5H3,(H,24,26). The van der Waals surface area contributed by atoms with Crippen LogP contribution in [0.3, 0.4) is 0 Å². The lowest BCUT2D eigenvalue weighted by Crippen LogP contribution is -2.32. The third kappa shape index (κ3) is 7.47. The van der Waals surface area contributed by atoms with Gasteiger partial charge in [0.1, 0.15) is 0 Å². The molecule has 0 bridgehead atoms. The number of nitrogens with zero attached hydrogens (tertiary/aromatic N) is 1. The van der Waals surface area contributed by atoms with Gasteiger partial charge in [-0.3, -0.25) is 9.10 Å². The van der Waals surface area contributed by atoms with Gasteiger partial charge in [0.05, 0.1) is 25.2 Å². The largest absolute Gasteiger partial charge is 0.493 e. The van der Waals surface area contributed by atoms with Gasteiger partial charge < -0.3 is 14.8 Å². The number of rotatable bonds is 11. The van der Waals surface area contributed by atoms with Crippen molar-refractivity contribution in [3.63, 3.8) is 0 Å². The monoisotopic (exact) mass is 448 g/mol. The number of sulfonamides is 1. The van der Waals surface area contributed by atoms with E-state index in [1.54, 1.807) is 19.2 Å². The summed E-state index contributed by atoms with van der Waals surface area (Å²) in [7, 11) is -1.86. The number of nitrogens with one attached hydrogen (secondary N) is 1. The van der Waals surface area contributed by atoms with Crippen molar-refractivity contribution >= 4 is 21.6 Å².